The first kappa shape index (κ1) is 19.9. The SMILES string of the molecule is Cc1cc(Br)ccc1SCC(=O)Nc1cnn(CC(=O)NC2CCCC2)c1. The summed E-state index contributed by atoms with van der Waals surface area (Å²) in [6.07, 6.45) is 7.72. The van der Waals surface area contributed by atoms with Gasteiger partial charge in [-0.25, -0.2) is 0 Å². The van der Waals surface area contributed by atoms with Gasteiger partial charge < -0.3 is 10.6 Å². The van der Waals surface area contributed by atoms with Gasteiger partial charge in [-0.05, 0) is 43.5 Å². The molecule has 0 radical (unpaired) electrons. The highest BCUT2D eigenvalue weighted by atomic mass is 79.9. The molecule has 1 saturated carbocycles. The Kier molecular flexibility index (Phi) is 6.95. The maximum Gasteiger partial charge on any atom is 0.241 e. The summed E-state index contributed by atoms with van der Waals surface area (Å²) in [6.45, 7) is 2.19. The zero-order valence-electron chi connectivity index (χ0n) is 15.2. The molecule has 2 N–H and O–H groups in total. The smallest absolute Gasteiger partial charge is 0.241 e. The summed E-state index contributed by atoms with van der Waals surface area (Å²) in [7, 11) is 0. The molecule has 0 unspecified atom stereocenters. The lowest BCUT2D eigenvalue weighted by molar-refractivity contribution is -0.122. The summed E-state index contributed by atoms with van der Waals surface area (Å²) < 4.78 is 2.57. The Bertz CT molecular complexity index is 818. The van der Waals surface area contributed by atoms with Crippen molar-refractivity contribution in [3.05, 3.63) is 40.6 Å². The van der Waals surface area contributed by atoms with Crippen LogP contribution in [0.15, 0.2) is 40.0 Å². The van der Waals surface area contributed by atoms with Crippen molar-refractivity contribution in [2.75, 3.05) is 11.1 Å². The van der Waals surface area contributed by atoms with E-state index in [2.05, 4.69) is 31.7 Å². The number of anilines is 1. The fourth-order valence-electron chi connectivity index (χ4n) is 3.12. The molecule has 0 saturated heterocycles. The van der Waals surface area contributed by atoms with Gasteiger partial charge in [0.2, 0.25) is 11.8 Å². The fourth-order valence-corrected chi connectivity index (χ4v) is 4.41. The molecule has 2 aromatic rings. The second-order valence-electron chi connectivity index (χ2n) is 6.72. The van der Waals surface area contributed by atoms with Gasteiger partial charge in [-0.15, -0.1) is 11.8 Å². The van der Waals surface area contributed by atoms with E-state index in [1.165, 1.54) is 24.6 Å². The molecule has 1 aromatic carbocycles. The van der Waals surface area contributed by atoms with Crippen LogP contribution in [0.2, 0.25) is 0 Å². The summed E-state index contributed by atoms with van der Waals surface area (Å²) in [5, 5.41) is 10.0. The first-order valence-corrected chi connectivity index (χ1v) is 10.8. The molecule has 1 aliphatic rings. The van der Waals surface area contributed by atoms with E-state index in [1.54, 1.807) is 17.1 Å². The number of carbonyl (C=O) groups excluding carboxylic acids is 2. The van der Waals surface area contributed by atoms with E-state index in [0.717, 1.165) is 27.8 Å². The monoisotopic (exact) mass is 450 g/mol. The quantitative estimate of drug-likeness (QED) is 0.629. The molecule has 0 spiro atoms. The molecule has 1 aromatic heterocycles. The largest absolute Gasteiger partial charge is 0.352 e. The van der Waals surface area contributed by atoms with Crippen LogP contribution in [0.3, 0.4) is 0 Å². The normalized spacial score (nSPS) is 14.3. The van der Waals surface area contributed by atoms with Crippen LogP contribution in [0.4, 0.5) is 5.69 Å². The number of carbonyl (C=O) groups is 2. The molecule has 2 amide bonds. The van der Waals surface area contributed by atoms with Crippen LogP contribution in [0.1, 0.15) is 31.2 Å². The fraction of sp³-hybridized carbons (Fsp3) is 0.421. The van der Waals surface area contributed by atoms with Gasteiger partial charge in [0.15, 0.2) is 0 Å². The number of nitrogens with zero attached hydrogens (tertiary/aromatic N) is 2. The van der Waals surface area contributed by atoms with Crippen molar-refractivity contribution in [1.82, 2.24) is 15.1 Å². The standard InChI is InChI=1S/C19H23BrN4O2S/c1-13-8-14(20)6-7-17(13)27-12-19(26)23-16-9-21-24(10-16)11-18(25)22-15-4-2-3-5-15/h6-10,15H,2-5,11-12H2,1H3,(H,22,25)(H,23,26). The number of aryl methyl sites for hydroxylation is 1. The van der Waals surface area contributed by atoms with Gasteiger partial charge in [0, 0.05) is 21.6 Å². The molecule has 27 heavy (non-hydrogen) atoms. The van der Waals surface area contributed by atoms with E-state index in [1.807, 2.05) is 25.1 Å². The third kappa shape index (κ3) is 6.10. The van der Waals surface area contributed by atoms with Gasteiger partial charge in [0.1, 0.15) is 6.54 Å². The van der Waals surface area contributed by atoms with E-state index in [-0.39, 0.29) is 18.4 Å². The molecule has 1 heterocycles. The molecule has 8 heteroatoms. The Morgan fingerprint density at radius 1 is 1.30 bits per heavy atom. The average Bonchev–Trinajstić information content (AvgIpc) is 3.26. The summed E-state index contributed by atoms with van der Waals surface area (Å²) in [5.74, 6) is 0.178. The Labute approximate surface area is 171 Å². The minimum Gasteiger partial charge on any atom is -0.352 e. The predicted molar refractivity (Wildman–Crippen MR) is 111 cm³/mol. The minimum atomic E-state index is -0.0997. The maximum atomic E-state index is 12.2. The van der Waals surface area contributed by atoms with E-state index in [4.69, 9.17) is 0 Å². The summed E-state index contributed by atoms with van der Waals surface area (Å²) in [6, 6.07) is 6.29. The third-order valence-electron chi connectivity index (χ3n) is 4.44. The molecular formula is C19H23BrN4O2S. The summed E-state index contributed by atoms with van der Waals surface area (Å²) >= 11 is 4.93. The van der Waals surface area contributed by atoms with E-state index in [0.29, 0.717) is 17.5 Å². The zero-order valence-corrected chi connectivity index (χ0v) is 17.6. The number of benzene rings is 1. The molecule has 6 nitrogen and oxygen atoms in total. The molecular weight excluding hydrogens is 428 g/mol. The zero-order chi connectivity index (χ0) is 19.2. The van der Waals surface area contributed by atoms with Crippen molar-refractivity contribution in [2.24, 2.45) is 0 Å². The number of aromatic nitrogens is 2. The van der Waals surface area contributed by atoms with Gasteiger partial charge >= 0.3 is 0 Å². The van der Waals surface area contributed by atoms with Crippen LogP contribution in [0.25, 0.3) is 0 Å². The Morgan fingerprint density at radius 2 is 2.07 bits per heavy atom. The second kappa shape index (κ2) is 9.41. The first-order chi connectivity index (χ1) is 13.0. The third-order valence-corrected chi connectivity index (χ3v) is 6.11. The average molecular weight is 451 g/mol. The van der Waals surface area contributed by atoms with Crippen LogP contribution < -0.4 is 10.6 Å². The van der Waals surface area contributed by atoms with E-state index in [9.17, 15) is 9.59 Å². The first-order valence-electron chi connectivity index (χ1n) is 9.00. The van der Waals surface area contributed by atoms with E-state index >= 15 is 0 Å². The minimum absolute atomic E-state index is 0.0378. The number of nitrogens with one attached hydrogen (secondary N) is 2. The number of amides is 2. The van der Waals surface area contributed by atoms with Crippen molar-refractivity contribution in [1.29, 1.82) is 0 Å². The summed E-state index contributed by atoms with van der Waals surface area (Å²) in [5.41, 5.74) is 1.73. The number of hydrogen-bond donors (Lipinski definition) is 2. The topological polar surface area (TPSA) is 76.0 Å². The van der Waals surface area contributed by atoms with Crippen LogP contribution in [0, 0.1) is 6.92 Å². The highest BCUT2D eigenvalue weighted by Crippen LogP contribution is 2.25. The predicted octanol–water partition coefficient (Wildman–Crippen LogP) is 3.74. The van der Waals surface area contributed by atoms with Crippen LogP contribution in [-0.2, 0) is 16.1 Å². The lowest BCUT2D eigenvalue weighted by Crippen LogP contribution is -2.35. The molecule has 3 rings (SSSR count). The van der Waals surface area contributed by atoms with Gasteiger partial charge in [0.05, 0.1) is 17.6 Å². The maximum absolute atomic E-state index is 12.2. The van der Waals surface area contributed by atoms with Crippen molar-refractivity contribution in [3.8, 4) is 0 Å². The highest BCUT2D eigenvalue weighted by molar-refractivity contribution is 9.10. The van der Waals surface area contributed by atoms with Crippen LogP contribution in [0.5, 0.6) is 0 Å². The van der Waals surface area contributed by atoms with Crippen molar-refractivity contribution in [3.63, 3.8) is 0 Å². The lowest BCUT2D eigenvalue weighted by atomic mass is 10.2. The van der Waals surface area contributed by atoms with Gasteiger partial charge in [0.25, 0.3) is 0 Å². The van der Waals surface area contributed by atoms with Gasteiger partial charge in [-0.2, -0.15) is 5.10 Å². The van der Waals surface area contributed by atoms with Crippen molar-refractivity contribution < 1.29 is 9.59 Å². The molecule has 0 atom stereocenters. The van der Waals surface area contributed by atoms with Crippen LogP contribution >= 0.6 is 27.7 Å². The number of hydrogen-bond acceptors (Lipinski definition) is 4. The number of thioether (sulfide) groups is 1. The van der Waals surface area contributed by atoms with Crippen LogP contribution in [-0.4, -0.2) is 33.4 Å². The highest BCUT2D eigenvalue weighted by Gasteiger charge is 2.17. The molecule has 1 aliphatic carbocycles. The number of halogens is 1. The van der Waals surface area contributed by atoms with Crippen molar-refractivity contribution >= 4 is 45.2 Å². The Hall–Kier alpha value is -1.80. The van der Waals surface area contributed by atoms with Gasteiger partial charge in [-0.1, -0.05) is 28.8 Å². The number of rotatable bonds is 7. The second-order valence-corrected chi connectivity index (χ2v) is 8.66. The molecule has 144 valence electrons. The molecule has 0 aliphatic heterocycles. The summed E-state index contributed by atoms with van der Waals surface area (Å²) in [4.78, 5) is 25.3. The van der Waals surface area contributed by atoms with E-state index < -0.39 is 0 Å². The lowest BCUT2D eigenvalue weighted by Gasteiger charge is -2.11. The molecule has 0 bridgehead atoms. The molecule has 1 fully saturated rings. The Balaban J connectivity index is 1.45. The van der Waals surface area contributed by atoms with Crippen molar-refractivity contribution in [2.45, 2.75) is 50.1 Å². The Morgan fingerprint density at radius 3 is 2.81 bits per heavy atom. The van der Waals surface area contributed by atoms with Gasteiger partial charge in [-0.3, -0.25) is 14.3 Å².